The lowest BCUT2D eigenvalue weighted by molar-refractivity contribution is -0.384. The highest BCUT2D eigenvalue weighted by molar-refractivity contribution is 7.91. The number of sulfone groups is 1. The Labute approximate surface area is 209 Å². The van der Waals surface area contributed by atoms with Gasteiger partial charge >= 0.3 is 0 Å². The van der Waals surface area contributed by atoms with Crippen LogP contribution >= 0.6 is 0 Å². The van der Waals surface area contributed by atoms with E-state index in [-0.39, 0.29) is 32.9 Å². The Morgan fingerprint density at radius 1 is 1.08 bits per heavy atom. The normalized spacial score (nSPS) is 13.1. The first-order valence-corrected chi connectivity index (χ1v) is 13.2. The van der Waals surface area contributed by atoms with Crippen molar-refractivity contribution < 1.29 is 27.2 Å². The Balaban J connectivity index is 1.71. The third-order valence-corrected chi connectivity index (χ3v) is 7.50. The molecule has 0 atom stereocenters. The summed E-state index contributed by atoms with van der Waals surface area (Å²) in [5.74, 6) is 0.538. The molecular formula is C24H28N4O7S. The molecule has 0 radical (unpaired) electrons. The molecule has 2 heterocycles. The molecular weight excluding hydrogens is 488 g/mol. The van der Waals surface area contributed by atoms with Gasteiger partial charge in [-0.1, -0.05) is 26.0 Å². The van der Waals surface area contributed by atoms with E-state index in [0.29, 0.717) is 31.3 Å². The predicted molar refractivity (Wildman–Crippen MR) is 132 cm³/mol. The maximum Gasteiger partial charge on any atom is 0.282 e. The summed E-state index contributed by atoms with van der Waals surface area (Å²) in [5, 5.41) is 14.2. The number of nitro benzene ring substituents is 1. The maximum absolute atomic E-state index is 13.6. The van der Waals surface area contributed by atoms with E-state index in [1.807, 2.05) is 0 Å². The number of rotatable bonds is 11. The van der Waals surface area contributed by atoms with Crippen molar-refractivity contribution in [3.8, 4) is 23.0 Å². The van der Waals surface area contributed by atoms with Gasteiger partial charge in [0.25, 0.3) is 5.69 Å². The van der Waals surface area contributed by atoms with Gasteiger partial charge in [0.2, 0.25) is 26.6 Å². The minimum absolute atomic E-state index is 0.0552. The van der Waals surface area contributed by atoms with Crippen LogP contribution in [0.3, 0.4) is 0 Å². The number of aromatic nitrogens is 1. The zero-order valence-electron chi connectivity index (χ0n) is 20.1. The van der Waals surface area contributed by atoms with Crippen molar-refractivity contribution in [1.29, 1.82) is 0 Å². The minimum atomic E-state index is -4.17. The molecule has 0 saturated carbocycles. The van der Waals surface area contributed by atoms with E-state index in [1.165, 1.54) is 36.4 Å². The molecule has 1 aromatic heterocycles. The summed E-state index contributed by atoms with van der Waals surface area (Å²) >= 11 is 0. The third-order valence-electron chi connectivity index (χ3n) is 5.84. The van der Waals surface area contributed by atoms with Crippen molar-refractivity contribution in [3.63, 3.8) is 0 Å². The maximum atomic E-state index is 13.6. The molecule has 192 valence electrons. The van der Waals surface area contributed by atoms with E-state index >= 15 is 0 Å². The molecule has 0 saturated heterocycles. The van der Waals surface area contributed by atoms with Crippen LogP contribution in [0.2, 0.25) is 0 Å². The molecule has 3 aromatic rings. The van der Waals surface area contributed by atoms with Crippen molar-refractivity contribution >= 4 is 21.4 Å². The first-order chi connectivity index (χ1) is 17.3. The molecule has 0 bridgehead atoms. The van der Waals surface area contributed by atoms with Crippen LogP contribution in [0.25, 0.3) is 11.5 Å². The lowest BCUT2D eigenvalue weighted by atomic mass is 10.2. The van der Waals surface area contributed by atoms with Crippen molar-refractivity contribution in [2.24, 2.45) is 0 Å². The molecule has 4 rings (SSSR count). The Bertz CT molecular complexity index is 1340. The van der Waals surface area contributed by atoms with E-state index in [0.717, 1.165) is 26.1 Å². The molecule has 11 nitrogen and oxygen atoms in total. The number of benzene rings is 2. The number of nitrogens with one attached hydrogen (secondary N) is 1. The number of ether oxygens (including phenoxy) is 2. The fraction of sp³-hybridized carbons (Fsp3) is 0.375. The van der Waals surface area contributed by atoms with Crippen molar-refractivity contribution in [2.75, 3.05) is 44.7 Å². The van der Waals surface area contributed by atoms with Crippen LogP contribution < -0.4 is 14.8 Å². The molecule has 0 aliphatic carbocycles. The summed E-state index contributed by atoms with van der Waals surface area (Å²) in [6, 6.07) is 10.2. The highest BCUT2D eigenvalue weighted by Gasteiger charge is 2.31. The number of hydrogen-bond donors (Lipinski definition) is 1. The standard InChI is InChI=1S/C24H28N4O7S/c1-3-27(4-2)13-7-12-25-23-24(26-22(35-23)18-8-5-6-9-19(18)28(29)30)36(31,32)17-10-11-20-21(16-17)34-15-14-33-20/h5-6,8-11,16,25H,3-4,7,12-15H2,1-2H3. The number of nitro groups is 1. The first-order valence-electron chi connectivity index (χ1n) is 11.7. The van der Waals surface area contributed by atoms with Gasteiger partial charge in [-0.3, -0.25) is 10.1 Å². The highest BCUT2D eigenvalue weighted by atomic mass is 32.2. The molecule has 1 aliphatic rings. The Morgan fingerprint density at radius 2 is 1.81 bits per heavy atom. The monoisotopic (exact) mass is 516 g/mol. The largest absolute Gasteiger partial charge is 0.486 e. The summed E-state index contributed by atoms with van der Waals surface area (Å²) in [5.41, 5.74) is -0.160. The number of hydrogen-bond acceptors (Lipinski definition) is 10. The second kappa shape index (κ2) is 11.0. The second-order valence-corrected chi connectivity index (χ2v) is 9.91. The zero-order chi connectivity index (χ0) is 25.7. The summed E-state index contributed by atoms with van der Waals surface area (Å²) in [6.45, 7) is 7.88. The number of oxazole rings is 1. The average Bonchev–Trinajstić information content (AvgIpc) is 3.33. The molecule has 0 amide bonds. The van der Waals surface area contributed by atoms with E-state index < -0.39 is 14.8 Å². The molecule has 1 aliphatic heterocycles. The Kier molecular flexibility index (Phi) is 7.75. The lowest BCUT2D eigenvalue weighted by Gasteiger charge is -2.18. The van der Waals surface area contributed by atoms with Gasteiger partial charge in [0, 0.05) is 18.7 Å². The van der Waals surface area contributed by atoms with Crippen LogP contribution in [-0.4, -0.2) is 62.6 Å². The average molecular weight is 517 g/mol. The van der Waals surface area contributed by atoms with Crippen LogP contribution in [-0.2, 0) is 9.84 Å². The summed E-state index contributed by atoms with van der Waals surface area (Å²) in [4.78, 5) is 17.4. The third kappa shape index (κ3) is 5.29. The molecule has 0 fully saturated rings. The van der Waals surface area contributed by atoms with Gasteiger partial charge in [0.1, 0.15) is 18.8 Å². The van der Waals surface area contributed by atoms with Gasteiger partial charge in [-0.2, -0.15) is 4.98 Å². The molecule has 0 unspecified atom stereocenters. The summed E-state index contributed by atoms with van der Waals surface area (Å²) in [7, 11) is -4.17. The molecule has 12 heteroatoms. The van der Waals surface area contributed by atoms with Gasteiger partial charge in [0.15, 0.2) is 11.5 Å². The predicted octanol–water partition coefficient (Wildman–Crippen LogP) is 4.00. The van der Waals surface area contributed by atoms with Crippen LogP contribution in [0.15, 0.2) is 56.8 Å². The number of fused-ring (bicyclic) bond motifs is 1. The zero-order valence-corrected chi connectivity index (χ0v) is 20.9. The van der Waals surface area contributed by atoms with Crippen molar-refractivity contribution in [3.05, 3.63) is 52.6 Å². The Morgan fingerprint density at radius 3 is 2.53 bits per heavy atom. The lowest BCUT2D eigenvalue weighted by Crippen LogP contribution is -2.25. The van der Waals surface area contributed by atoms with Gasteiger partial charge in [-0.05, 0) is 44.3 Å². The summed E-state index contributed by atoms with van der Waals surface area (Å²) < 4.78 is 44.1. The van der Waals surface area contributed by atoms with Crippen molar-refractivity contribution in [2.45, 2.75) is 30.2 Å². The Hall–Kier alpha value is -3.64. The highest BCUT2D eigenvalue weighted by Crippen LogP contribution is 2.38. The molecule has 0 spiro atoms. The quantitative estimate of drug-likeness (QED) is 0.226. The topological polar surface area (TPSA) is 137 Å². The van der Waals surface area contributed by atoms with Crippen LogP contribution in [0.4, 0.5) is 11.6 Å². The van der Waals surface area contributed by atoms with Gasteiger partial charge in [-0.15, -0.1) is 0 Å². The smallest absolute Gasteiger partial charge is 0.282 e. The number of para-hydroxylation sites is 1. The molecule has 36 heavy (non-hydrogen) atoms. The second-order valence-electron chi connectivity index (χ2n) is 8.04. The van der Waals surface area contributed by atoms with E-state index in [1.54, 1.807) is 6.07 Å². The van der Waals surface area contributed by atoms with Crippen LogP contribution in [0, 0.1) is 10.1 Å². The van der Waals surface area contributed by atoms with E-state index in [4.69, 9.17) is 13.9 Å². The van der Waals surface area contributed by atoms with Crippen molar-refractivity contribution in [1.82, 2.24) is 9.88 Å². The molecule has 1 N–H and O–H groups in total. The number of anilines is 1. The fourth-order valence-corrected chi connectivity index (χ4v) is 5.17. The van der Waals surface area contributed by atoms with Gasteiger partial charge in [-0.25, -0.2) is 8.42 Å². The molecule has 2 aromatic carbocycles. The van der Waals surface area contributed by atoms with Crippen LogP contribution in [0.5, 0.6) is 11.5 Å². The van der Waals surface area contributed by atoms with Crippen LogP contribution in [0.1, 0.15) is 20.3 Å². The minimum Gasteiger partial charge on any atom is -0.486 e. The van der Waals surface area contributed by atoms with E-state index in [2.05, 4.69) is 29.0 Å². The SMILES string of the molecule is CCN(CC)CCCNc1oc(-c2ccccc2[N+](=O)[O-])nc1S(=O)(=O)c1ccc2c(c1)OCCO2. The summed E-state index contributed by atoms with van der Waals surface area (Å²) in [6.07, 6.45) is 0.729. The first kappa shape index (κ1) is 25.5. The van der Waals surface area contributed by atoms with Gasteiger partial charge in [0.05, 0.1) is 9.82 Å². The fourth-order valence-electron chi connectivity index (χ4n) is 3.88. The number of nitrogens with zero attached hydrogens (tertiary/aromatic N) is 3. The van der Waals surface area contributed by atoms with Gasteiger partial charge < -0.3 is 24.1 Å². The van der Waals surface area contributed by atoms with E-state index in [9.17, 15) is 18.5 Å².